The minimum Gasteiger partial charge on any atom is -0.325 e. The lowest BCUT2D eigenvalue weighted by Crippen LogP contribution is -2.38. The summed E-state index contributed by atoms with van der Waals surface area (Å²) in [6.07, 6.45) is 1.34. The molecule has 0 saturated carbocycles. The SMILES string of the molecule is Cc1cc(NC(=O)CN(c2ccc(Cl)c(Cl)c2)S(=O)(=O)c2ccccc2)ccc1N1CCCC1=O. The van der Waals surface area contributed by atoms with Crippen LogP contribution in [0.15, 0.2) is 71.6 Å². The number of sulfonamides is 1. The van der Waals surface area contributed by atoms with Gasteiger partial charge in [-0.15, -0.1) is 0 Å². The topological polar surface area (TPSA) is 86.8 Å². The Morgan fingerprint density at radius 2 is 1.77 bits per heavy atom. The van der Waals surface area contributed by atoms with Crippen molar-refractivity contribution in [3.63, 3.8) is 0 Å². The summed E-state index contributed by atoms with van der Waals surface area (Å²) in [4.78, 5) is 26.8. The molecule has 0 aliphatic carbocycles. The van der Waals surface area contributed by atoms with Crippen LogP contribution < -0.4 is 14.5 Å². The van der Waals surface area contributed by atoms with Crippen molar-refractivity contribution < 1.29 is 18.0 Å². The number of rotatable bonds is 7. The van der Waals surface area contributed by atoms with Gasteiger partial charge in [0, 0.05) is 24.3 Å². The molecule has 7 nitrogen and oxygen atoms in total. The first-order valence-corrected chi connectivity index (χ1v) is 13.1. The summed E-state index contributed by atoms with van der Waals surface area (Å²) in [5, 5.41) is 3.19. The number of halogens is 2. The molecule has 4 rings (SSSR count). The number of hydrogen-bond acceptors (Lipinski definition) is 4. The molecule has 2 amide bonds. The predicted octanol–water partition coefficient (Wildman–Crippen LogP) is 5.26. The summed E-state index contributed by atoms with van der Waals surface area (Å²) in [5.74, 6) is -0.465. The number of carbonyl (C=O) groups excluding carboxylic acids is 2. The van der Waals surface area contributed by atoms with Crippen molar-refractivity contribution in [1.82, 2.24) is 0 Å². The highest BCUT2D eigenvalue weighted by atomic mass is 35.5. The Morgan fingerprint density at radius 1 is 1.03 bits per heavy atom. The highest BCUT2D eigenvalue weighted by Gasteiger charge is 2.28. The summed E-state index contributed by atoms with van der Waals surface area (Å²) < 4.78 is 27.8. The van der Waals surface area contributed by atoms with Gasteiger partial charge in [0.25, 0.3) is 10.0 Å². The van der Waals surface area contributed by atoms with Crippen molar-refractivity contribution in [1.29, 1.82) is 0 Å². The normalized spacial score (nSPS) is 13.7. The van der Waals surface area contributed by atoms with Crippen molar-refractivity contribution in [3.05, 3.63) is 82.3 Å². The molecular weight excluding hydrogens is 509 g/mol. The molecule has 0 spiro atoms. The van der Waals surface area contributed by atoms with Gasteiger partial charge >= 0.3 is 0 Å². The van der Waals surface area contributed by atoms with E-state index in [9.17, 15) is 18.0 Å². The van der Waals surface area contributed by atoms with Gasteiger partial charge in [-0.3, -0.25) is 13.9 Å². The van der Waals surface area contributed by atoms with E-state index in [1.165, 1.54) is 30.3 Å². The predicted molar refractivity (Wildman–Crippen MR) is 139 cm³/mol. The van der Waals surface area contributed by atoms with Gasteiger partial charge in [-0.1, -0.05) is 41.4 Å². The number of benzene rings is 3. The zero-order valence-corrected chi connectivity index (χ0v) is 21.2. The molecule has 1 aliphatic heterocycles. The number of hydrogen-bond donors (Lipinski definition) is 1. The fourth-order valence-corrected chi connectivity index (χ4v) is 5.67. The largest absolute Gasteiger partial charge is 0.325 e. The lowest BCUT2D eigenvalue weighted by atomic mass is 10.1. The Labute approximate surface area is 214 Å². The zero-order valence-electron chi connectivity index (χ0n) is 18.9. The minimum absolute atomic E-state index is 0.0364. The molecule has 0 bridgehead atoms. The molecule has 10 heteroatoms. The number of amides is 2. The molecule has 1 saturated heterocycles. The van der Waals surface area contributed by atoms with E-state index in [2.05, 4.69) is 5.32 Å². The first-order chi connectivity index (χ1) is 16.7. The van der Waals surface area contributed by atoms with E-state index in [1.807, 2.05) is 6.92 Å². The molecule has 0 unspecified atom stereocenters. The Morgan fingerprint density at radius 3 is 2.40 bits per heavy atom. The first kappa shape index (κ1) is 25.0. The van der Waals surface area contributed by atoms with Crippen LogP contribution in [0, 0.1) is 6.92 Å². The third-order valence-electron chi connectivity index (χ3n) is 5.65. The monoisotopic (exact) mass is 531 g/mol. The smallest absolute Gasteiger partial charge is 0.264 e. The van der Waals surface area contributed by atoms with Gasteiger partial charge in [0.05, 0.1) is 20.6 Å². The second-order valence-corrected chi connectivity index (χ2v) is 10.8. The summed E-state index contributed by atoms with van der Waals surface area (Å²) in [6, 6.07) is 17.4. The number of carbonyl (C=O) groups is 2. The minimum atomic E-state index is -4.08. The van der Waals surface area contributed by atoms with E-state index in [-0.39, 0.29) is 26.5 Å². The fourth-order valence-electron chi connectivity index (χ4n) is 3.94. The quantitative estimate of drug-likeness (QED) is 0.450. The number of nitrogens with zero attached hydrogens (tertiary/aromatic N) is 2. The highest BCUT2D eigenvalue weighted by Crippen LogP contribution is 2.31. The molecule has 182 valence electrons. The van der Waals surface area contributed by atoms with Crippen molar-refractivity contribution in [3.8, 4) is 0 Å². The zero-order chi connectivity index (χ0) is 25.2. The Hall–Kier alpha value is -3.07. The van der Waals surface area contributed by atoms with E-state index in [0.717, 1.165) is 22.0 Å². The van der Waals surface area contributed by atoms with Crippen LogP contribution in [0.25, 0.3) is 0 Å². The summed E-state index contributed by atoms with van der Waals surface area (Å²) in [5.41, 5.74) is 2.33. The van der Waals surface area contributed by atoms with Gasteiger partial charge in [0.15, 0.2) is 0 Å². The highest BCUT2D eigenvalue weighted by molar-refractivity contribution is 7.92. The van der Waals surface area contributed by atoms with Crippen molar-refractivity contribution in [2.45, 2.75) is 24.7 Å². The third-order valence-corrected chi connectivity index (χ3v) is 8.18. The van der Waals surface area contributed by atoms with Crippen LogP contribution in [0.2, 0.25) is 10.0 Å². The van der Waals surface area contributed by atoms with Gasteiger partial charge in [-0.05, 0) is 67.4 Å². The lowest BCUT2D eigenvalue weighted by molar-refractivity contribution is -0.117. The van der Waals surface area contributed by atoms with Gasteiger partial charge in [-0.2, -0.15) is 0 Å². The maximum Gasteiger partial charge on any atom is 0.264 e. The van der Waals surface area contributed by atoms with Crippen LogP contribution >= 0.6 is 23.2 Å². The number of nitrogens with one attached hydrogen (secondary N) is 1. The molecule has 0 atom stereocenters. The Bertz CT molecular complexity index is 1380. The molecule has 3 aromatic carbocycles. The number of anilines is 3. The molecule has 0 radical (unpaired) electrons. The van der Waals surface area contributed by atoms with Crippen molar-refractivity contribution in [2.24, 2.45) is 0 Å². The Kier molecular flexibility index (Phi) is 7.35. The maximum absolute atomic E-state index is 13.4. The van der Waals surface area contributed by atoms with Crippen molar-refractivity contribution >= 4 is 62.1 Å². The van der Waals surface area contributed by atoms with Crippen LogP contribution in [0.3, 0.4) is 0 Å². The average molecular weight is 532 g/mol. The van der Waals surface area contributed by atoms with Crippen LogP contribution in [-0.4, -0.2) is 33.3 Å². The first-order valence-electron chi connectivity index (χ1n) is 10.9. The van der Waals surface area contributed by atoms with Gasteiger partial charge in [-0.25, -0.2) is 8.42 Å². The molecule has 1 fully saturated rings. The number of aryl methyl sites for hydroxylation is 1. The van der Waals surface area contributed by atoms with Crippen LogP contribution in [0.4, 0.5) is 17.1 Å². The molecule has 35 heavy (non-hydrogen) atoms. The molecule has 3 aromatic rings. The van der Waals surface area contributed by atoms with Gasteiger partial charge in [0.2, 0.25) is 11.8 Å². The summed E-state index contributed by atoms with van der Waals surface area (Å²) in [7, 11) is -4.08. The molecule has 1 aliphatic rings. The second kappa shape index (κ2) is 10.3. The van der Waals surface area contributed by atoms with E-state index >= 15 is 0 Å². The second-order valence-electron chi connectivity index (χ2n) is 8.12. The summed E-state index contributed by atoms with van der Waals surface area (Å²) >= 11 is 12.1. The fraction of sp³-hybridized carbons (Fsp3) is 0.200. The Balaban J connectivity index is 1.59. The van der Waals surface area contributed by atoms with E-state index < -0.39 is 22.5 Å². The maximum atomic E-state index is 13.4. The van der Waals surface area contributed by atoms with Crippen LogP contribution in [0.5, 0.6) is 0 Å². The van der Waals surface area contributed by atoms with Crippen LogP contribution in [0.1, 0.15) is 18.4 Å². The molecular formula is C25H23Cl2N3O4S. The standard InChI is InChI=1S/C25H23Cl2N3O4S/c1-17-14-18(9-12-23(17)29-13-5-8-25(29)32)28-24(31)16-30(19-10-11-21(26)22(27)15-19)35(33,34)20-6-3-2-4-7-20/h2-4,6-7,9-12,14-15H,5,8,13,16H2,1H3,(H,28,31). The van der Waals surface area contributed by atoms with E-state index in [0.29, 0.717) is 18.7 Å². The average Bonchev–Trinajstić information content (AvgIpc) is 3.25. The molecule has 0 aromatic heterocycles. The molecule has 1 N–H and O–H groups in total. The van der Waals surface area contributed by atoms with E-state index in [4.69, 9.17) is 23.2 Å². The molecule has 1 heterocycles. The van der Waals surface area contributed by atoms with Gasteiger partial charge in [0.1, 0.15) is 6.54 Å². The lowest BCUT2D eigenvalue weighted by Gasteiger charge is -2.24. The van der Waals surface area contributed by atoms with Crippen molar-refractivity contribution in [2.75, 3.05) is 27.6 Å². The van der Waals surface area contributed by atoms with Gasteiger partial charge < -0.3 is 10.2 Å². The summed E-state index contributed by atoms with van der Waals surface area (Å²) in [6.45, 7) is 2.04. The third kappa shape index (κ3) is 5.45. The van der Waals surface area contributed by atoms with E-state index in [1.54, 1.807) is 41.3 Å². The van der Waals surface area contributed by atoms with Crippen LogP contribution in [-0.2, 0) is 19.6 Å².